The predicted octanol–water partition coefficient (Wildman–Crippen LogP) is -0.168. The number of ether oxygens (including phenoxy) is 1. The fraction of sp³-hybridized carbons (Fsp3) is 0.421. The number of hydrogen-bond donors (Lipinski definition) is 3. The van der Waals surface area contributed by atoms with E-state index in [1.54, 1.807) is 13.0 Å². The number of aryl methyl sites for hydroxylation is 1. The Labute approximate surface area is 227 Å². The lowest BCUT2D eigenvalue weighted by atomic mass is 9.98. The molecule has 0 unspecified atom stereocenters. The van der Waals surface area contributed by atoms with Gasteiger partial charge in [-0.3, -0.25) is 14.5 Å². The lowest BCUT2D eigenvalue weighted by Gasteiger charge is -2.55. The second kappa shape index (κ2) is 10.5. The molecule has 2 aliphatic rings. The Morgan fingerprint density at radius 3 is 2.76 bits per heavy atom. The van der Waals surface area contributed by atoms with Gasteiger partial charge in [0.15, 0.2) is 25.5 Å². The highest BCUT2D eigenvalue weighted by atomic mass is 32.2. The number of carbonyl (C=O) groups excluding carboxylic acids is 2. The van der Waals surface area contributed by atoms with Gasteiger partial charge in [0, 0.05) is 18.6 Å². The number of methoxy groups -OCH3 is 1. The first-order valence-electron chi connectivity index (χ1n) is 10.4. The van der Waals surface area contributed by atoms with Crippen molar-refractivity contribution in [1.82, 2.24) is 25.6 Å². The van der Waals surface area contributed by atoms with Gasteiger partial charge >= 0.3 is 5.97 Å². The van der Waals surface area contributed by atoms with Crippen LogP contribution in [0.4, 0.5) is 0 Å². The number of carboxylic acid groups (broad SMARTS) is 1. The number of rotatable bonds is 10. The van der Waals surface area contributed by atoms with Gasteiger partial charge < -0.3 is 24.8 Å². The molecule has 1 fully saturated rings. The van der Waals surface area contributed by atoms with Gasteiger partial charge in [-0.1, -0.05) is 23.1 Å². The molecule has 3 N–H and O–H groups in total. The third kappa shape index (κ3) is 5.09. The van der Waals surface area contributed by atoms with Crippen molar-refractivity contribution < 1.29 is 42.3 Å². The van der Waals surface area contributed by atoms with Crippen LogP contribution in [0.1, 0.15) is 16.3 Å². The number of carbonyl (C=O) groups is 3. The van der Waals surface area contributed by atoms with Crippen LogP contribution in [0, 0.1) is 18.3 Å². The Bertz CT molecular complexity index is 1490. The van der Waals surface area contributed by atoms with Crippen LogP contribution in [0.25, 0.3) is 0 Å². The van der Waals surface area contributed by atoms with Crippen LogP contribution in [-0.4, -0.2) is 92.1 Å². The van der Waals surface area contributed by atoms with Gasteiger partial charge in [0.05, 0.1) is 0 Å². The Morgan fingerprint density at radius 2 is 2.16 bits per heavy atom. The summed E-state index contributed by atoms with van der Waals surface area (Å²) in [4.78, 5) is 39.0. The van der Waals surface area contributed by atoms with Crippen LogP contribution in [0.15, 0.2) is 20.1 Å². The second-order valence-corrected chi connectivity index (χ2v) is 13.4. The van der Waals surface area contributed by atoms with Gasteiger partial charge in [-0.25, -0.2) is 13.2 Å². The van der Waals surface area contributed by atoms with Crippen molar-refractivity contribution in [2.24, 2.45) is 0 Å². The van der Waals surface area contributed by atoms with E-state index in [4.69, 9.17) is 10.00 Å². The summed E-state index contributed by atoms with van der Waals surface area (Å²) < 4.78 is 35.7. The molecule has 4 rings (SSSR count). The van der Waals surface area contributed by atoms with Crippen LogP contribution in [0.2, 0.25) is 0 Å². The summed E-state index contributed by atoms with van der Waals surface area (Å²) in [6.07, 6.45) is 0. The summed E-state index contributed by atoms with van der Waals surface area (Å²) in [7, 11) is -3.11. The number of carboxylic acids is 1. The Kier molecular flexibility index (Phi) is 7.72. The number of aromatic hydroxyl groups is 1. The second-order valence-electron chi connectivity index (χ2n) is 7.91. The van der Waals surface area contributed by atoms with Gasteiger partial charge in [-0.2, -0.15) is 5.26 Å². The van der Waals surface area contributed by atoms with E-state index < -0.39 is 67.4 Å². The van der Waals surface area contributed by atoms with Crippen molar-refractivity contribution in [3.05, 3.63) is 27.6 Å². The molecule has 38 heavy (non-hydrogen) atoms. The molecule has 0 radical (unpaired) electrons. The van der Waals surface area contributed by atoms with Crippen molar-refractivity contribution in [1.29, 1.82) is 5.26 Å². The van der Waals surface area contributed by atoms with Crippen molar-refractivity contribution in [3.63, 3.8) is 0 Å². The van der Waals surface area contributed by atoms with E-state index in [2.05, 4.69) is 25.2 Å². The maximum Gasteiger partial charge on any atom is 0.352 e. The molecule has 1 saturated heterocycles. The summed E-state index contributed by atoms with van der Waals surface area (Å²) in [5, 5.41) is 41.4. The average molecular weight is 603 g/mol. The quantitative estimate of drug-likeness (QED) is 0.182. The van der Waals surface area contributed by atoms with Gasteiger partial charge in [-0.05, 0) is 17.7 Å². The Balaban J connectivity index is 1.48. The molecule has 2 aromatic rings. The minimum atomic E-state index is -4.24. The Hall–Kier alpha value is -3.18. The van der Waals surface area contributed by atoms with Crippen LogP contribution in [0.3, 0.4) is 0 Å². The third-order valence-electron chi connectivity index (χ3n) is 5.40. The van der Waals surface area contributed by atoms with E-state index >= 15 is 0 Å². The lowest BCUT2D eigenvalue weighted by Crippen LogP contribution is -2.81. The molecule has 15 nitrogen and oxygen atoms in total. The highest BCUT2D eigenvalue weighted by molar-refractivity contribution is 8.01. The molecule has 2 amide bonds. The molecule has 4 heterocycles. The number of thioether (sulfide) groups is 2. The Morgan fingerprint density at radius 1 is 1.42 bits per heavy atom. The summed E-state index contributed by atoms with van der Waals surface area (Å²) >= 11 is 3.78. The molecule has 19 heteroatoms. The van der Waals surface area contributed by atoms with Crippen LogP contribution < -0.4 is 5.32 Å². The monoisotopic (exact) mass is 602 g/mol. The number of sulfone groups is 1. The van der Waals surface area contributed by atoms with Crippen molar-refractivity contribution in [3.8, 4) is 11.9 Å². The maximum atomic E-state index is 13.2. The van der Waals surface area contributed by atoms with Crippen molar-refractivity contribution >= 4 is 62.5 Å². The smallest absolute Gasteiger partial charge is 0.352 e. The van der Waals surface area contributed by atoms with Gasteiger partial charge in [0.2, 0.25) is 5.91 Å². The fourth-order valence-electron chi connectivity index (χ4n) is 3.76. The molecule has 0 bridgehead atoms. The summed E-state index contributed by atoms with van der Waals surface area (Å²) in [6, 6.07) is 1.55. The number of β-lactam (4-membered cyclic amide) rings is 1. The number of nitrogens with one attached hydrogen (secondary N) is 1. The molecule has 0 aliphatic carbocycles. The standard InChI is InChI=1S/C19H18N6O9S4/c1-8-22-23-18(37-8)36-5-9-4-35-17-19(33-2,16(30)25(17)13(9)15(28)29)21-12(26)7-38(31,32)6-11-10(3-20)14(27)24-34-11/h17H,4-7H2,1-2H3,(H,21,26)(H,24,27)(H,28,29)/t17-,19+/m1/s1. The van der Waals surface area contributed by atoms with Gasteiger partial charge in [0.1, 0.15) is 33.7 Å². The third-order valence-corrected chi connectivity index (χ3v) is 10.2. The molecule has 0 aromatic carbocycles. The molecule has 2 aliphatic heterocycles. The first-order chi connectivity index (χ1) is 17.9. The molecular weight excluding hydrogens is 585 g/mol. The molecule has 202 valence electrons. The van der Waals surface area contributed by atoms with Crippen LogP contribution in [0.5, 0.6) is 5.88 Å². The maximum absolute atomic E-state index is 13.2. The van der Waals surface area contributed by atoms with E-state index in [9.17, 15) is 33.0 Å². The number of aliphatic carboxylic acids is 1. The van der Waals surface area contributed by atoms with Crippen LogP contribution in [-0.2, 0) is 34.7 Å². The molecular formula is C19H18N6O9S4. The fourth-order valence-corrected chi connectivity index (χ4v) is 8.32. The number of nitriles is 1. The summed E-state index contributed by atoms with van der Waals surface area (Å²) in [5.74, 6) is -6.12. The number of aromatic nitrogens is 3. The van der Waals surface area contributed by atoms with Crippen molar-refractivity contribution in [2.45, 2.75) is 28.1 Å². The van der Waals surface area contributed by atoms with E-state index in [1.807, 2.05) is 0 Å². The van der Waals surface area contributed by atoms with Gasteiger partial charge in [0.25, 0.3) is 17.5 Å². The van der Waals surface area contributed by atoms with Crippen LogP contribution >= 0.6 is 34.9 Å². The molecule has 0 spiro atoms. The minimum absolute atomic E-state index is 0.200. The zero-order chi connectivity index (χ0) is 27.8. The minimum Gasteiger partial charge on any atom is -0.490 e. The van der Waals surface area contributed by atoms with Gasteiger partial charge in [-0.15, -0.1) is 22.0 Å². The number of fused-ring (bicyclic) bond motifs is 1. The molecule has 2 aromatic heterocycles. The number of hydrogen-bond acceptors (Lipinski definition) is 15. The zero-order valence-corrected chi connectivity index (χ0v) is 22.8. The normalized spacial score (nSPS) is 21.0. The van der Waals surface area contributed by atoms with E-state index in [0.29, 0.717) is 9.91 Å². The highest BCUT2D eigenvalue weighted by Crippen LogP contribution is 2.47. The summed E-state index contributed by atoms with van der Waals surface area (Å²) in [6.45, 7) is 1.79. The lowest BCUT2D eigenvalue weighted by molar-refractivity contribution is -0.192. The van der Waals surface area contributed by atoms with Crippen molar-refractivity contribution in [2.75, 3.05) is 24.4 Å². The number of amides is 2. The largest absolute Gasteiger partial charge is 0.490 e. The average Bonchev–Trinajstić information content (AvgIpc) is 3.43. The topological polar surface area (TPSA) is 226 Å². The SMILES string of the molecule is CO[C@@]1(NC(=O)CS(=O)(=O)Cc2onc(O)c2C#N)C(=O)N2C(C(=O)O)=C(CSc3nnc(C)s3)CS[C@@H]21. The first-order valence-corrected chi connectivity index (χ1v) is 15.1. The van der Waals surface area contributed by atoms with E-state index in [1.165, 1.54) is 23.1 Å². The first kappa shape index (κ1) is 27.8. The highest BCUT2D eigenvalue weighted by Gasteiger charge is 2.66. The zero-order valence-electron chi connectivity index (χ0n) is 19.5. The van der Waals surface area contributed by atoms with E-state index in [0.717, 1.165) is 28.8 Å². The number of nitrogens with zero attached hydrogens (tertiary/aromatic N) is 5. The molecule has 0 saturated carbocycles. The van der Waals surface area contributed by atoms with E-state index in [-0.39, 0.29) is 17.2 Å². The predicted molar refractivity (Wildman–Crippen MR) is 131 cm³/mol. The molecule has 2 atom stereocenters. The summed E-state index contributed by atoms with van der Waals surface area (Å²) in [5.41, 5.74) is -2.24.